The van der Waals surface area contributed by atoms with E-state index in [0.29, 0.717) is 19.4 Å². The van der Waals surface area contributed by atoms with Crippen LogP contribution in [0.25, 0.3) is 11.0 Å². The smallest absolute Gasteiger partial charge is 0.308 e. The predicted molar refractivity (Wildman–Crippen MR) is 138 cm³/mol. The van der Waals surface area contributed by atoms with Crippen LogP contribution < -0.4 is 5.32 Å². The standard InChI is InChI=1S/C28H38N4O3/c1-9-35-25(34)16-23(21-12-10-17(2)11-13-21)30-24(33)15-14-22-18(3)26-20(5)31-32(28(6,7)8)27(26)29-19(22)4/h10-13,23H,9,14-16H2,1-8H3,(H,30,33). The van der Waals surface area contributed by atoms with Crippen LogP contribution in [0.1, 0.15) is 80.2 Å². The number of pyridine rings is 1. The number of aryl methyl sites for hydroxylation is 4. The van der Waals surface area contributed by atoms with Gasteiger partial charge in [0.15, 0.2) is 5.65 Å². The topological polar surface area (TPSA) is 86.1 Å². The number of fused-ring (bicyclic) bond motifs is 1. The Hall–Kier alpha value is -3.22. The molecule has 0 aliphatic heterocycles. The normalized spacial score (nSPS) is 12.6. The fraction of sp³-hybridized carbons (Fsp3) is 0.500. The van der Waals surface area contributed by atoms with Gasteiger partial charge in [-0.3, -0.25) is 9.59 Å². The number of aromatic nitrogens is 3. The van der Waals surface area contributed by atoms with Crippen LogP contribution in [0.2, 0.25) is 0 Å². The van der Waals surface area contributed by atoms with Gasteiger partial charge >= 0.3 is 5.97 Å². The number of ether oxygens (including phenoxy) is 1. The average molecular weight is 479 g/mol. The largest absolute Gasteiger partial charge is 0.466 e. The lowest BCUT2D eigenvalue weighted by Crippen LogP contribution is -2.31. The number of hydrogen-bond acceptors (Lipinski definition) is 5. The third kappa shape index (κ3) is 6.08. The number of rotatable bonds is 8. The highest BCUT2D eigenvalue weighted by Crippen LogP contribution is 2.29. The number of esters is 1. The molecule has 0 bridgehead atoms. The number of nitrogens with one attached hydrogen (secondary N) is 1. The third-order valence-corrected chi connectivity index (χ3v) is 6.30. The minimum atomic E-state index is -0.433. The second kappa shape index (κ2) is 10.6. The van der Waals surface area contributed by atoms with E-state index < -0.39 is 6.04 Å². The SMILES string of the molecule is CCOC(=O)CC(NC(=O)CCc1c(C)nc2c(c(C)nn2C(C)(C)C)c1C)c1ccc(C)cc1. The van der Waals surface area contributed by atoms with Gasteiger partial charge in [-0.05, 0) is 78.5 Å². The summed E-state index contributed by atoms with van der Waals surface area (Å²) in [6.45, 7) is 16.5. The molecule has 0 saturated carbocycles. The quantitative estimate of drug-likeness (QED) is 0.452. The van der Waals surface area contributed by atoms with Gasteiger partial charge in [0.25, 0.3) is 0 Å². The number of benzene rings is 1. The summed E-state index contributed by atoms with van der Waals surface area (Å²) in [5.74, 6) is -0.438. The zero-order valence-electron chi connectivity index (χ0n) is 22.3. The highest BCUT2D eigenvalue weighted by Gasteiger charge is 2.24. The highest BCUT2D eigenvalue weighted by molar-refractivity contribution is 5.84. The van der Waals surface area contributed by atoms with E-state index in [1.165, 1.54) is 0 Å². The first kappa shape index (κ1) is 26.4. The second-order valence-electron chi connectivity index (χ2n) is 10.2. The Labute approximate surface area is 208 Å². The average Bonchev–Trinajstić information content (AvgIpc) is 3.10. The van der Waals surface area contributed by atoms with Crippen LogP contribution >= 0.6 is 0 Å². The van der Waals surface area contributed by atoms with E-state index in [2.05, 4.69) is 33.0 Å². The van der Waals surface area contributed by atoms with Crippen molar-refractivity contribution in [2.75, 3.05) is 6.61 Å². The second-order valence-corrected chi connectivity index (χ2v) is 10.2. The summed E-state index contributed by atoms with van der Waals surface area (Å²) in [6.07, 6.45) is 0.957. The number of amides is 1. The molecule has 3 rings (SSSR count). The van der Waals surface area contributed by atoms with Gasteiger partial charge in [0.2, 0.25) is 5.91 Å². The molecule has 7 nitrogen and oxygen atoms in total. The highest BCUT2D eigenvalue weighted by atomic mass is 16.5. The van der Waals surface area contributed by atoms with Crippen LogP contribution in [0.4, 0.5) is 0 Å². The lowest BCUT2D eigenvalue weighted by Gasteiger charge is -2.21. The van der Waals surface area contributed by atoms with Crippen LogP contribution in [0.15, 0.2) is 24.3 Å². The zero-order chi connectivity index (χ0) is 25.9. The molecule has 1 amide bonds. The Morgan fingerprint density at radius 3 is 2.31 bits per heavy atom. The lowest BCUT2D eigenvalue weighted by molar-refractivity contribution is -0.143. The number of carbonyl (C=O) groups is 2. The molecule has 0 spiro atoms. The molecule has 1 atom stereocenters. The van der Waals surface area contributed by atoms with Crippen LogP contribution in [-0.2, 0) is 26.3 Å². The van der Waals surface area contributed by atoms with Crippen LogP contribution in [-0.4, -0.2) is 33.2 Å². The van der Waals surface area contributed by atoms with Gasteiger partial charge in [0, 0.05) is 17.5 Å². The van der Waals surface area contributed by atoms with Crippen molar-refractivity contribution in [3.63, 3.8) is 0 Å². The first-order valence-electron chi connectivity index (χ1n) is 12.3. The fourth-order valence-electron chi connectivity index (χ4n) is 4.48. The van der Waals surface area contributed by atoms with E-state index in [1.807, 2.05) is 49.7 Å². The molecule has 2 aromatic heterocycles. The van der Waals surface area contributed by atoms with Gasteiger partial charge in [-0.1, -0.05) is 29.8 Å². The maximum absolute atomic E-state index is 13.0. The first-order chi connectivity index (χ1) is 16.4. The summed E-state index contributed by atoms with van der Waals surface area (Å²) >= 11 is 0. The van der Waals surface area contributed by atoms with E-state index in [0.717, 1.165) is 44.7 Å². The molecule has 0 radical (unpaired) electrons. The van der Waals surface area contributed by atoms with Crippen molar-refractivity contribution >= 4 is 22.9 Å². The van der Waals surface area contributed by atoms with Gasteiger partial charge in [-0.15, -0.1) is 0 Å². The first-order valence-corrected chi connectivity index (χ1v) is 12.3. The summed E-state index contributed by atoms with van der Waals surface area (Å²) in [7, 11) is 0. The van der Waals surface area contributed by atoms with Crippen molar-refractivity contribution in [3.8, 4) is 0 Å². The molecule has 35 heavy (non-hydrogen) atoms. The van der Waals surface area contributed by atoms with Crippen LogP contribution in [0, 0.1) is 27.7 Å². The van der Waals surface area contributed by atoms with E-state index in [9.17, 15) is 9.59 Å². The van der Waals surface area contributed by atoms with Crippen molar-refractivity contribution in [2.45, 2.75) is 86.2 Å². The Morgan fingerprint density at radius 1 is 1.06 bits per heavy atom. The molecule has 188 valence electrons. The molecule has 0 saturated heterocycles. The van der Waals surface area contributed by atoms with E-state index in [4.69, 9.17) is 14.8 Å². The maximum Gasteiger partial charge on any atom is 0.308 e. The van der Waals surface area contributed by atoms with Crippen LogP contribution in [0.5, 0.6) is 0 Å². The lowest BCUT2D eigenvalue weighted by atomic mass is 9.98. The maximum atomic E-state index is 13.0. The molecule has 0 fully saturated rings. The molecule has 3 aromatic rings. The van der Waals surface area contributed by atoms with Gasteiger partial charge in [0.05, 0.1) is 30.3 Å². The zero-order valence-corrected chi connectivity index (χ0v) is 22.3. The summed E-state index contributed by atoms with van der Waals surface area (Å²) in [4.78, 5) is 30.1. The van der Waals surface area contributed by atoms with Gasteiger partial charge < -0.3 is 10.1 Å². The molecule has 1 aromatic carbocycles. The monoisotopic (exact) mass is 478 g/mol. The molecule has 0 aliphatic rings. The Bertz CT molecular complexity index is 1220. The predicted octanol–water partition coefficient (Wildman–Crippen LogP) is 5.16. The summed E-state index contributed by atoms with van der Waals surface area (Å²) < 4.78 is 7.11. The molecule has 2 heterocycles. The van der Waals surface area contributed by atoms with E-state index >= 15 is 0 Å². The molecule has 1 N–H and O–H groups in total. The van der Waals surface area contributed by atoms with Crippen LogP contribution in [0.3, 0.4) is 0 Å². The molecule has 0 aliphatic carbocycles. The summed E-state index contributed by atoms with van der Waals surface area (Å²) in [5, 5.41) is 8.86. The Balaban J connectivity index is 1.80. The van der Waals surface area contributed by atoms with Gasteiger partial charge in [-0.2, -0.15) is 5.10 Å². The van der Waals surface area contributed by atoms with Crippen molar-refractivity contribution in [1.29, 1.82) is 0 Å². The van der Waals surface area contributed by atoms with Gasteiger partial charge in [-0.25, -0.2) is 9.67 Å². The van der Waals surface area contributed by atoms with Crippen molar-refractivity contribution in [2.24, 2.45) is 0 Å². The summed E-state index contributed by atoms with van der Waals surface area (Å²) in [6, 6.07) is 7.42. The number of carbonyl (C=O) groups excluding carboxylic acids is 2. The van der Waals surface area contributed by atoms with E-state index in [-0.39, 0.29) is 23.8 Å². The fourth-order valence-corrected chi connectivity index (χ4v) is 4.48. The van der Waals surface area contributed by atoms with Gasteiger partial charge in [0.1, 0.15) is 0 Å². The number of nitrogens with zero attached hydrogens (tertiary/aromatic N) is 3. The molecule has 7 heteroatoms. The van der Waals surface area contributed by atoms with Crippen molar-refractivity contribution in [1.82, 2.24) is 20.1 Å². The molecular weight excluding hydrogens is 440 g/mol. The number of hydrogen-bond donors (Lipinski definition) is 1. The Morgan fingerprint density at radius 2 is 1.71 bits per heavy atom. The molecule has 1 unspecified atom stereocenters. The minimum absolute atomic E-state index is 0.0966. The Kier molecular flexibility index (Phi) is 7.98. The van der Waals surface area contributed by atoms with E-state index in [1.54, 1.807) is 6.92 Å². The summed E-state index contributed by atoms with van der Waals surface area (Å²) in [5.41, 5.74) is 6.76. The van der Waals surface area contributed by atoms with Crippen molar-refractivity contribution < 1.29 is 14.3 Å². The third-order valence-electron chi connectivity index (χ3n) is 6.30. The van der Waals surface area contributed by atoms with Crippen molar-refractivity contribution in [3.05, 3.63) is 57.9 Å². The minimum Gasteiger partial charge on any atom is -0.466 e. The molecular formula is C28H38N4O3.